The third-order valence-corrected chi connectivity index (χ3v) is 5.01. The number of hydrogen-bond acceptors (Lipinski definition) is 6. The molecule has 30 heavy (non-hydrogen) atoms. The second kappa shape index (κ2) is 8.40. The Morgan fingerprint density at radius 3 is 2.63 bits per heavy atom. The predicted molar refractivity (Wildman–Crippen MR) is 116 cm³/mol. The Kier molecular flexibility index (Phi) is 5.68. The maximum atomic E-state index is 13.3. The van der Waals surface area contributed by atoms with E-state index in [4.69, 9.17) is 18.6 Å². The molecular weight excluding hydrogens is 382 g/mol. The van der Waals surface area contributed by atoms with Crippen molar-refractivity contribution in [3.05, 3.63) is 57.9 Å². The van der Waals surface area contributed by atoms with Gasteiger partial charge in [-0.15, -0.1) is 0 Å². The van der Waals surface area contributed by atoms with Crippen LogP contribution < -0.4 is 19.6 Å². The smallest absolute Gasteiger partial charge is 0.235 e. The van der Waals surface area contributed by atoms with Gasteiger partial charge in [0, 0.05) is 13.1 Å². The third kappa shape index (κ3) is 3.87. The van der Waals surface area contributed by atoms with E-state index in [1.54, 1.807) is 19.1 Å². The first-order chi connectivity index (χ1) is 14.5. The van der Waals surface area contributed by atoms with Gasteiger partial charge in [0.2, 0.25) is 11.2 Å². The summed E-state index contributed by atoms with van der Waals surface area (Å²) >= 11 is 0. The van der Waals surface area contributed by atoms with E-state index in [1.807, 2.05) is 31.2 Å². The minimum absolute atomic E-state index is 0.172. The van der Waals surface area contributed by atoms with Crippen LogP contribution in [0, 0.1) is 12.8 Å². The molecule has 0 fully saturated rings. The molecular formula is C24H27NO5. The zero-order valence-electron chi connectivity index (χ0n) is 17.9. The molecule has 1 aliphatic rings. The normalized spacial score (nSPS) is 13.9. The molecule has 3 aromatic rings. The van der Waals surface area contributed by atoms with Gasteiger partial charge in [-0.3, -0.25) is 9.69 Å². The van der Waals surface area contributed by atoms with Crippen LogP contribution in [0.4, 0.5) is 0 Å². The van der Waals surface area contributed by atoms with Crippen molar-refractivity contribution < 1.29 is 18.6 Å². The molecule has 158 valence electrons. The summed E-state index contributed by atoms with van der Waals surface area (Å²) in [5.74, 6) is 2.95. The van der Waals surface area contributed by atoms with Crippen molar-refractivity contribution in [2.45, 2.75) is 34.2 Å². The summed E-state index contributed by atoms with van der Waals surface area (Å²) in [5.41, 5.74) is 1.26. The van der Waals surface area contributed by atoms with Gasteiger partial charge < -0.3 is 18.6 Å². The van der Waals surface area contributed by atoms with Gasteiger partial charge in [-0.05, 0) is 44.0 Å². The van der Waals surface area contributed by atoms with Crippen molar-refractivity contribution in [2.24, 2.45) is 5.92 Å². The van der Waals surface area contributed by atoms with Gasteiger partial charge in [0.15, 0.2) is 11.5 Å². The number of para-hydroxylation sites is 2. The van der Waals surface area contributed by atoms with Crippen LogP contribution in [0.3, 0.4) is 0 Å². The maximum Gasteiger partial charge on any atom is 0.235 e. The molecule has 1 aromatic heterocycles. The summed E-state index contributed by atoms with van der Waals surface area (Å²) in [6, 6.07) is 10.9. The minimum atomic E-state index is -0.205. The second-order valence-electron chi connectivity index (χ2n) is 7.90. The molecule has 2 aromatic carbocycles. The van der Waals surface area contributed by atoms with E-state index in [0.29, 0.717) is 54.0 Å². The maximum absolute atomic E-state index is 13.3. The van der Waals surface area contributed by atoms with Gasteiger partial charge in [-0.1, -0.05) is 26.0 Å². The molecule has 2 heterocycles. The number of hydrogen-bond donors (Lipinski definition) is 0. The topological polar surface area (TPSA) is 61.1 Å². The van der Waals surface area contributed by atoms with E-state index in [9.17, 15) is 4.79 Å². The second-order valence-corrected chi connectivity index (χ2v) is 7.90. The van der Waals surface area contributed by atoms with Gasteiger partial charge in [-0.25, -0.2) is 0 Å². The zero-order valence-corrected chi connectivity index (χ0v) is 17.9. The highest BCUT2D eigenvalue weighted by Gasteiger charge is 2.24. The van der Waals surface area contributed by atoms with Crippen molar-refractivity contribution in [3.8, 4) is 23.0 Å². The Hall–Kier alpha value is -2.99. The predicted octanol–water partition coefficient (Wildman–Crippen LogP) is 5.10. The lowest BCUT2D eigenvalue weighted by Crippen LogP contribution is -2.34. The van der Waals surface area contributed by atoms with Crippen LogP contribution >= 0.6 is 0 Å². The molecule has 0 unspecified atom stereocenters. The Labute approximate surface area is 176 Å². The highest BCUT2D eigenvalue weighted by molar-refractivity contribution is 5.83. The van der Waals surface area contributed by atoms with Gasteiger partial charge in [0.05, 0.1) is 17.6 Å². The quantitative estimate of drug-likeness (QED) is 0.564. The Balaban J connectivity index is 1.76. The summed E-state index contributed by atoms with van der Waals surface area (Å²) < 4.78 is 23.6. The summed E-state index contributed by atoms with van der Waals surface area (Å²) in [4.78, 5) is 15.5. The molecule has 1 aliphatic heterocycles. The first kappa shape index (κ1) is 20.3. The lowest BCUT2D eigenvalue weighted by Gasteiger charge is -2.30. The molecule has 0 saturated heterocycles. The van der Waals surface area contributed by atoms with Crippen LogP contribution in [0.15, 0.2) is 45.6 Å². The molecule has 4 rings (SSSR count). The lowest BCUT2D eigenvalue weighted by atomic mass is 10.1. The summed E-state index contributed by atoms with van der Waals surface area (Å²) in [6.45, 7) is 10.6. The number of benzene rings is 2. The Morgan fingerprint density at radius 2 is 1.90 bits per heavy atom. The number of rotatable bonds is 6. The monoisotopic (exact) mass is 409 g/mol. The average molecular weight is 409 g/mol. The lowest BCUT2D eigenvalue weighted by molar-refractivity contribution is 0.0848. The molecule has 6 nitrogen and oxygen atoms in total. The van der Waals surface area contributed by atoms with Crippen molar-refractivity contribution >= 4 is 11.0 Å². The van der Waals surface area contributed by atoms with Crippen LogP contribution in [0.25, 0.3) is 11.0 Å². The minimum Gasteiger partial charge on any atom is -0.490 e. The van der Waals surface area contributed by atoms with Crippen LogP contribution in [-0.4, -0.2) is 24.8 Å². The zero-order chi connectivity index (χ0) is 21.3. The molecule has 0 saturated carbocycles. The van der Waals surface area contributed by atoms with Crippen LogP contribution in [-0.2, 0) is 6.54 Å². The highest BCUT2D eigenvalue weighted by atomic mass is 16.5. The largest absolute Gasteiger partial charge is 0.490 e. The highest BCUT2D eigenvalue weighted by Crippen LogP contribution is 2.36. The van der Waals surface area contributed by atoms with E-state index in [0.717, 1.165) is 17.9 Å². The van der Waals surface area contributed by atoms with E-state index in [-0.39, 0.29) is 11.2 Å². The average Bonchev–Trinajstić information content (AvgIpc) is 2.72. The van der Waals surface area contributed by atoms with Crippen LogP contribution in [0.2, 0.25) is 0 Å². The van der Waals surface area contributed by atoms with E-state index >= 15 is 0 Å². The van der Waals surface area contributed by atoms with Crippen LogP contribution in [0.5, 0.6) is 23.0 Å². The SMILES string of the molecule is CCOc1ccccc1Oc1c(C)oc2c3c(ccc2c1=O)OCN(CC(C)C)C3. The molecule has 0 aliphatic carbocycles. The van der Waals surface area contributed by atoms with Gasteiger partial charge in [-0.2, -0.15) is 0 Å². The summed E-state index contributed by atoms with van der Waals surface area (Å²) in [5, 5.41) is 0.484. The van der Waals surface area contributed by atoms with Crippen molar-refractivity contribution in [1.82, 2.24) is 4.90 Å². The fourth-order valence-corrected chi connectivity index (χ4v) is 3.77. The van der Waals surface area contributed by atoms with Gasteiger partial charge in [0.1, 0.15) is 23.8 Å². The molecule has 0 atom stereocenters. The van der Waals surface area contributed by atoms with Gasteiger partial charge in [0.25, 0.3) is 0 Å². The fraction of sp³-hybridized carbons (Fsp3) is 0.375. The molecule has 6 heteroatoms. The molecule has 0 spiro atoms. The standard InChI is InChI=1S/C24H27NO5/c1-5-27-20-8-6-7-9-21(20)30-23-16(4)29-24-17(22(23)26)10-11-19-18(24)13-25(14-28-19)12-15(2)3/h6-11,15H,5,12-14H2,1-4H3. The first-order valence-corrected chi connectivity index (χ1v) is 10.3. The van der Waals surface area contributed by atoms with Crippen molar-refractivity contribution in [1.29, 1.82) is 0 Å². The third-order valence-electron chi connectivity index (χ3n) is 5.01. The summed E-state index contributed by atoms with van der Waals surface area (Å²) in [6.07, 6.45) is 0. The molecule has 0 N–H and O–H groups in total. The Bertz CT molecular complexity index is 1120. The van der Waals surface area contributed by atoms with Gasteiger partial charge >= 0.3 is 0 Å². The van der Waals surface area contributed by atoms with Crippen molar-refractivity contribution in [2.75, 3.05) is 19.9 Å². The number of nitrogens with zero attached hydrogens (tertiary/aromatic N) is 1. The van der Waals surface area contributed by atoms with E-state index in [1.165, 1.54) is 0 Å². The molecule has 0 bridgehead atoms. The van der Waals surface area contributed by atoms with E-state index in [2.05, 4.69) is 18.7 Å². The number of aryl methyl sites for hydroxylation is 1. The Morgan fingerprint density at radius 1 is 1.13 bits per heavy atom. The molecule has 0 amide bonds. The van der Waals surface area contributed by atoms with Crippen molar-refractivity contribution in [3.63, 3.8) is 0 Å². The summed E-state index contributed by atoms with van der Waals surface area (Å²) in [7, 11) is 0. The fourth-order valence-electron chi connectivity index (χ4n) is 3.77. The number of ether oxygens (including phenoxy) is 3. The molecule has 0 radical (unpaired) electrons. The first-order valence-electron chi connectivity index (χ1n) is 10.3. The number of fused-ring (bicyclic) bond motifs is 3. The van der Waals surface area contributed by atoms with Crippen LogP contribution in [0.1, 0.15) is 32.1 Å². The van der Waals surface area contributed by atoms with E-state index < -0.39 is 0 Å².